The standard InChI is InChI=1S/C16H13BrN2/c17-15-8-4-2-6-13(15)11-19-16-14-7-3-1-5-12(14)9-10-18-16/h1-10H,11H2,(H,18,19). The molecule has 0 fully saturated rings. The zero-order chi connectivity index (χ0) is 13.1. The van der Waals surface area contributed by atoms with E-state index < -0.39 is 0 Å². The van der Waals surface area contributed by atoms with E-state index in [0.29, 0.717) is 0 Å². The molecule has 0 spiro atoms. The van der Waals surface area contributed by atoms with E-state index in [1.165, 1.54) is 10.9 Å². The second-order valence-corrected chi connectivity index (χ2v) is 5.18. The van der Waals surface area contributed by atoms with Crippen LogP contribution in [0, 0.1) is 0 Å². The van der Waals surface area contributed by atoms with Gasteiger partial charge in [-0.3, -0.25) is 0 Å². The van der Waals surface area contributed by atoms with E-state index >= 15 is 0 Å². The molecular formula is C16H13BrN2. The number of hydrogen-bond acceptors (Lipinski definition) is 2. The van der Waals surface area contributed by atoms with E-state index in [4.69, 9.17) is 0 Å². The molecule has 1 N–H and O–H groups in total. The van der Waals surface area contributed by atoms with Crippen LogP contribution in [0.25, 0.3) is 10.8 Å². The van der Waals surface area contributed by atoms with Crippen molar-refractivity contribution in [1.29, 1.82) is 0 Å². The molecule has 0 bridgehead atoms. The van der Waals surface area contributed by atoms with Gasteiger partial charge in [-0.1, -0.05) is 58.4 Å². The lowest BCUT2D eigenvalue weighted by Gasteiger charge is -2.09. The lowest BCUT2D eigenvalue weighted by Crippen LogP contribution is -2.02. The first-order valence-electron chi connectivity index (χ1n) is 6.15. The summed E-state index contributed by atoms with van der Waals surface area (Å²) in [7, 11) is 0. The first kappa shape index (κ1) is 12.2. The lowest BCUT2D eigenvalue weighted by molar-refractivity contribution is 1.11. The number of pyridine rings is 1. The van der Waals surface area contributed by atoms with Crippen LogP contribution < -0.4 is 5.32 Å². The fourth-order valence-electron chi connectivity index (χ4n) is 2.08. The Kier molecular flexibility index (Phi) is 3.47. The van der Waals surface area contributed by atoms with Crippen LogP contribution in [0.2, 0.25) is 0 Å². The highest BCUT2D eigenvalue weighted by molar-refractivity contribution is 9.10. The van der Waals surface area contributed by atoms with Crippen LogP contribution in [-0.4, -0.2) is 4.98 Å². The zero-order valence-corrected chi connectivity index (χ0v) is 11.9. The summed E-state index contributed by atoms with van der Waals surface area (Å²) >= 11 is 3.56. The summed E-state index contributed by atoms with van der Waals surface area (Å²) in [5, 5.41) is 5.75. The van der Waals surface area contributed by atoms with Crippen LogP contribution in [0.1, 0.15) is 5.56 Å². The predicted octanol–water partition coefficient (Wildman–Crippen LogP) is 4.61. The van der Waals surface area contributed by atoms with E-state index in [9.17, 15) is 0 Å². The molecule has 0 aliphatic carbocycles. The molecule has 3 rings (SSSR count). The fraction of sp³-hybridized carbons (Fsp3) is 0.0625. The molecular weight excluding hydrogens is 300 g/mol. The SMILES string of the molecule is Brc1ccccc1CNc1nccc2ccccc12. The Bertz CT molecular complexity index is 704. The third-order valence-electron chi connectivity index (χ3n) is 3.08. The Morgan fingerprint density at radius 2 is 1.74 bits per heavy atom. The normalized spacial score (nSPS) is 10.6. The number of halogens is 1. The summed E-state index contributed by atoms with van der Waals surface area (Å²) in [5.41, 5.74) is 1.22. The summed E-state index contributed by atoms with van der Waals surface area (Å²) in [4.78, 5) is 4.43. The van der Waals surface area contributed by atoms with Gasteiger partial charge in [0, 0.05) is 22.6 Å². The van der Waals surface area contributed by atoms with Crippen LogP contribution >= 0.6 is 15.9 Å². The largest absolute Gasteiger partial charge is 0.365 e. The minimum atomic E-state index is 0.752. The van der Waals surface area contributed by atoms with Crippen molar-refractivity contribution in [3.05, 3.63) is 70.8 Å². The molecule has 0 atom stereocenters. The van der Waals surface area contributed by atoms with Gasteiger partial charge in [-0.2, -0.15) is 0 Å². The fourth-order valence-corrected chi connectivity index (χ4v) is 2.51. The van der Waals surface area contributed by atoms with Crippen molar-refractivity contribution in [3.8, 4) is 0 Å². The van der Waals surface area contributed by atoms with Crippen LogP contribution in [0.3, 0.4) is 0 Å². The maximum absolute atomic E-state index is 4.43. The zero-order valence-electron chi connectivity index (χ0n) is 10.3. The molecule has 2 aromatic carbocycles. The van der Waals surface area contributed by atoms with E-state index in [1.54, 1.807) is 0 Å². The summed E-state index contributed by atoms with van der Waals surface area (Å²) in [6.07, 6.45) is 1.84. The van der Waals surface area contributed by atoms with E-state index in [2.05, 4.69) is 44.4 Å². The Hall–Kier alpha value is -1.87. The van der Waals surface area contributed by atoms with Crippen molar-refractivity contribution in [1.82, 2.24) is 4.98 Å². The number of aromatic nitrogens is 1. The monoisotopic (exact) mass is 312 g/mol. The van der Waals surface area contributed by atoms with Crippen LogP contribution in [0.5, 0.6) is 0 Å². The summed E-state index contributed by atoms with van der Waals surface area (Å²) < 4.78 is 1.11. The van der Waals surface area contributed by atoms with Gasteiger partial charge in [0.25, 0.3) is 0 Å². The average Bonchev–Trinajstić information content (AvgIpc) is 2.46. The smallest absolute Gasteiger partial charge is 0.134 e. The maximum Gasteiger partial charge on any atom is 0.134 e. The van der Waals surface area contributed by atoms with E-state index in [0.717, 1.165) is 22.2 Å². The molecule has 1 heterocycles. The maximum atomic E-state index is 4.43. The molecule has 1 aromatic heterocycles. The van der Waals surface area contributed by atoms with Gasteiger partial charge >= 0.3 is 0 Å². The van der Waals surface area contributed by atoms with Crippen molar-refractivity contribution < 1.29 is 0 Å². The molecule has 19 heavy (non-hydrogen) atoms. The van der Waals surface area contributed by atoms with Gasteiger partial charge < -0.3 is 5.32 Å². The van der Waals surface area contributed by atoms with E-state index in [-0.39, 0.29) is 0 Å². The number of hydrogen-bond donors (Lipinski definition) is 1. The number of benzene rings is 2. The number of anilines is 1. The number of fused-ring (bicyclic) bond motifs is 1. The van der Waals surface area contributed by atoms with Crippen LogP contribution in [0.15, 0.2) is 65.3 Å². The average molecular weight is 313 g/mol. The minimum Gasteiger partial charge on any atom is -0.365 e. The molecule has 0 saturated carbocycles. The summed E-state index contributed by atoms with van der Waals surface area (Å²) in [5.74, 6) is 0.925. The van der Waals surface area contributed by atoms with Crippen molar-refractivity contribution in [3.63, 3.8) is 0 Å². The second-order valence-electron chi connectivity index (χ2n) is 4.33. The first-order valence-corrected chi connectivity index (χ1v) is 6.95. The van der Waals surface area contributed by atoms with Crippen LogP contribution in [-0.2, 0) is 6.54 Å². The lowest BCUT2D eigenvalue weighted by atomic mass is 10.1. The number of nitrogens with zero attached hydrogens (tertiary/aromatic N) is 1. The molecule has 3 heteroatoms. The molecule has 0 aliphatic heterocycles. The van der Waals surface area contributed by atoms with Gasteiger partial charge in [0.1, 0.15) is 5.82 Å². The third kappa shape index (κ3) is 2.61. The highest BCUT2D eigenvalue weighted by Crippen LogP contribution is 2.22. The van der Waals surface area contributed by atoms with Crippen molar-refractivity contribution in [2.45, 2.75) is 6.54 Å². The quantitative estimate of drug-likeness (QED) is 0.764. The molecule has 0 saturated heterocycles. The Morgan fingerprint density at radius 1 is 0.947 bits per heavy atom. The van der Waals surface area contributed by atoms with Gasteiger partial charge in [-0.25, -0.2) is 4.98 Å². The van der Waals surface area contributed by atoms with Gasteiger partial charge in [0.2, 0.25) is 0 Å². The molecule has 94 valence electrons. The Morgan fingerprint density at radius 3 is 2.63 bits per heavy atom. The molecule has 3 aromatic rings. The Balaban J connectivity index is 1.88. The van der Waals surface area contributed by atoms with E-state index in [1.807, 2.05) is 42.6 Å². The predicted molar refractivity (Wildman–Crippen MR) is 83.2 cm³/mol. The van der Waals surface area contributed by atoms with Gasteiger partial charge in [0.05, 0.1) is 0 Å². The highest BCUT2D eigenvalue weighted by Gasteiger charge is 2.02. The highest BCUT2D eigenvalue weighted by atomic mass is 79.9. The van der Waals surface area contributed by atoms with Gasteiger partial charge in [-0.15, -0.1) is 0 Å². The summed E-state index contributed by atoms with van der Waals surface area (Å²) in [6.45, 7) is 0.752. The third-order valence-corrected chi connectivity index (χ3v) is 3.85. The number of rotatable bonds is 3. The molecule has 0 amide bonds. The molecule has 0 radical (unpaired) electrons. The van der Waals surface area contributed by atoms with Gasteiger partial charge in [-0.05, 0) is 23.1 Å². The molecule has 2 nitrogen and oxygen atoms in total. The minimum absolute atomic E-state index is 0.752. The molecule has 0 aliphatic rings. The van der Waals surface area contributed by atoms with Gasteiger partial charge in [0.15, 0.2) is 0 Å². The molecule has 0 unspecified atom stereocenters. The summed E-state index contributed by atoms with van der Waals surface area (Å²) in [6, 6.07) is 18.5. The topological polar surface area (TPSA) is 24.9 Å². The second kappa shape index (κ2) is 5.41. The first-order chi connectivity index (χ1) is 9.34. The van der Waals surface area contributed by atoms with Crippen molar-refractivity contribution >= 4 is 32.5 Å². The van der Waals surface area contributed by atoms with Crippen LogP contribution in [0.4, 0.5) is 5.82 Å². The Labute approximate surface area is 120 Å². The van der Waals surface area contributed by atoms with Crippen molar-refractivity contribution in [2.75, 3.05) is 5.32 Å². The van der Waals surface area contributed by atoms with Crippen molar-refractivity contribution in [2.24, 2.45) is 0 Å². The number of nitrogens with one attached hydrogen (secondary N) is 1.